The summed E-state index contributed by atoms with van der Waals surface area (Å²) in [6, 6.07) is 0. The molecule has 0 aromatic heterocycles. The smallest absolute Gasteiger partial charge is 0.396 e. The molecule has 0 aromatic carbocycles. The van der Waals surface area contributed by atoms with Crippen LogP contribution in [-0.4, -0.2) is 11.7 Å². The van der Waals surface area contributed by atoms with Crippen molar-refractivity contribution in [2.75, 3.05) is 6.61 Å². The van der Waals surface area contributed by atoms with Gasteiger partial charge in [0.15, 0.2) is 0 Å². The van der Waals surface area contributed by atoms with E-state index in [1.807, 2.05) is 0 Å². The van der Waals surface area contributed by atoms with Gasteiger partial charge in [0.05, 0.1) is 0 Å². The molecular formula is C10H23LiO. The van der Waals surface area contributed by atoms with Crippen LogP contribution in [0, 0.1) is 6.92 Å². The van der Waals surface area contributed by atoms with Gasteiger partial charge in [0.1, 0.15) is 0 Å². The molecule has 2 heteroatoms. The van der Waals surface area contributed by atoms with Gasteiger partial charge >= 0.3 is 18.9 Å². The number of aliphatic hydroxyl groups excluding tert-OH is 1. The largest absolute Gasteiger partial charge is 1.00 e. The van der Waals surface area contributed by atoms with Crippen LogP contribution in [0.2, 0.25) is 0 Å². The maximum absolute atomic E-state index is 8.29. The molecule has 0 heterocycles. The van der Waals surface area contributed by atoms with Crippen LogP contribution in [0.25, 0.3) is 0 Å². The van der Waals surface area contributed by atoms with Gasteiger partial charge in [0, 0.05) is 6.61 Å². The van der Waals surface area contributed by atoms with Gasteiger partial charge < -0.3 is 12.0 Å². The summed E-state index contributed by atoms with van der Waals surface area (Å²) in [6.45, 7) is 8.25. The van der Waals surface area contributed by atoms with E-state index in [4.69, 9.17) is 5.11 Å². The SMILES string of the molecule is CCCCCCO.[CH2-]CCC.[Li+]. The Morgan fingerprint density at radius 2 is 1.50 bits per heavy atom. The van der Waals surface area contributed by atoms with E-state index in [0.717, 1.165) is 12.8 Å². The van der Waals surface area contributed by atoms with E-state index in [1.54, 1.807) is 0 Å². The number of hydrogen-bond acceptors (Lipinski definition) is 1. The van der Waals surface area contributed by atoms with Gasteiger partial charge in [-0.25, -0.2) is 0 Å². The third-order valence-corrected chi connectivity index (χ3v) is 1.37. The Balaban J connectivity index is -0.000000142. The van der Waals surface area contributed by atoms with E-state index in [9.17, 15) is 0 Å². The van der Waals surface area contributed by atoms with Crippen molar-refractivity contribution in [1.29, 1.82) is 0 Å². The Kier molecular flexibility index (Phi) is 34.5. The molecule has 0 unspecified atom stereocenters. The van der Waals surface area contributed by atoms with Crippen molar-refractivity contribution in [3.05, 3.63) is 6.92 Å². The molecule has 0 bridgehead atoms. The molecule has 0 aromatic rings. The van der Waals surface area contributed by atoms with Crippen molar-refractivity contribution >= 4 is 0 Å². The van der Waals surface area contributed by atoms with E-state index in [1.165, 1.54) is 25.7 Å². The van der Waals surface area contributed by atoms with Crippen molar-refractivity contribution in [3.63, 3.8) is 0 Å². The second kappa shape index (κ2) is 22.6. The molecule has 0 amide bonds. The molecule has 0 aliphatic carbocycles. The Morgan fingerprint density at radius 1 is 1.00 bits per heavy atom. The fraction of sp³-hybridized carbons (Fsp3) is 0.900. The molecule has 0 fully saturated rings. The second-order valence-corrected chi connectivity index (χ2v) is 2.64. The third-order valence-electron chi connectivity index (χ3n) is 1.37. The summed E-state index contributed by atoms with van der Waals surface area (Å²) in [4.78, 5) is 0. The molecule has 70 valence electrons. The predicted molar refractivity (Wildman–Crippen MR) is 51.5 cm³/mol. The van der Waals surface area contributed by atoms with Crippen LogP contribution in [0.5, 0.6) is 0 Å². The van der Waals surface area contributed by atoms with Crippen LogP contribution in [0.3, 0.4) is 0 Å². The van der Waals surface area contributed by atoms with Crippen LogP contribution >= 0.6 is 0 Å². The number of unbranched alkanes of at least 4 members (excludes halogenated alkanes) is 4. The Bertz CT molecular complexity index is 43.1. The Morgan fingerprint density at radius 3 is 1.75 bits per heavy atom. The molecule has 0 saturated heterocycles. The topological polar surface area (TPSA) is 20.2 Å². The van der Waals surface area contributed by atoms with E-state index in [0.29, 0.717) is 6.61 Å². The first kappa shape index (κ1) is 18.4. The van der Waals surface area contributed by atoms with Gasteiger partial charge in [0.25, 0.3) is 0 Å². The molecular weight excluding hydrogens is 143 g/mol. The summed E-state index contributed by atoms with van der Waals surface area (Å²) in [5.74, 6) is 0. The van der Waals surface area contributed by atoms with E-state index in [-0.39, 0.29) is 18.9 Å². The first-order valence-electron chi connectivity index (χ1n) is 4.73. The zero-order valence-electron chi connectivity index (χ0n) is 9.10. The van der Waals surface area contributed by atoms with Crippen molar-refractivity contribution in [3.8, 4) is 0 Å². The second-order valence-electron chi connectivity index (χ2n) is 2.64. The number of rotatable bonds is 5. The maximum Gasteiger partial charge on any atom is 1.00 e. The molecule has 0 aliphatic heterocycles. The van der Waals surface area contributed by atoms with Crippen molar-refractivity contribution in [2.45, 2.75) is 52.4 Å². The molecule has 1 nitrogen and oxygen atoms in total. The van der Waals surface area contributed by atoms with Gasteiger partial charge in [-0.1, -0.05) is 39.5 Å². The fourth-order valence-corrected chi connectivity index (χ4v) is 0.539. The van der Waals surface area contributed by atoms with Crippen molar-refractivity contribution in [1.82, 2.24) is 0 Å². The van der Waals surface area contributed by atoms with Gasteiger partial charge in [-0.15, -0.1) is 0 Å². The predicted octanol–water partition coefficient (Wildman–Crippen LogP) is 0.184. The summed E-state index contributed by atoms with van der Waals surface area (Å²) >= 11 is 0. The Hall–Kier alpha value is 0.557. The number of hydrogen-bond donors (Lipinski definition) is 1. The summed E-state index contributed by atoms with van der Waals surface area (Å²) < 4.78 is 0. The first-order valence-corrected chi connectivity index (χ1v) is 4.73. The molecule has 0 spiro atoms. The van der Waals surface area contributed by atoms with Gasteiger partial charge in [-0.2, -0.15) is 6.42 Å². The summed E-state index contributed by atoms with van der Waals surface area (Å²) in [6.07, 6.45) is 6.96. The minimum Gasteiger partial charge on any atom is -0.396 e. The minimum atomic E-state index is 0. The van der Waals surface area contributed by atoms with Crippen LogP contribution in [-0.2, 0) is 0 Å². The quantitative estimate of drug-likeness (QED) is 0.351. The van der Waals surface area contributed by atoms with Gasteiger partial charge in [0.2, 0.25) is 0 Å². The average Bonchev–Trinajstić information content (AvgIpc) is 2.06. The monoisotopic (exact) mass is 166 g/mol. The molecule has 1 N–H and O–H groups in total. The summed E-state index contributed by atoms with van der Waals surface area (Å²) in [5.41, 5.74) is 0. The normalized spacial score (nSPS) is 8.00. The third kappa shape index (κ3) is 31.2. The maximum atomic E-state index is 8.29. The van der Waals surface area contributed by atoms with E-state index in [2.05, 4.69) is 20.8 Å². The molecule has 0 radical (unpaired) electrons. The first-order chi connectivity index (χ1) is 5.33. The van der Waals surface area contributed by atoms with Crippen LogP contribution < -0.4 is 18.9 Å². The summed E-state index contributed by atoms with van der Waals surface area (Å²) in [5, 5.41) is 8.29. The van der Waals surface area contributed by atoms with Gasteiger partial charge in [-0.05, 0) is 6.42 Å². The Labute approximate surface area is 90.1 Å². The van der Waals surface area contributed by atoms with Crippen molar-refractivity contribution < 1.29 is 24.0 Å². The standard InChI is InChI=1S/C6H14O.C4H9.Li/c1-2-3-4-5-6-7;1-3-4-2;/h7H,2-6H2,1H3;1,3-4H2,2H3;/q;-1;+1. The zero-order chi connectivity index (χ0) is 8.95. The minimum absolute atomic E-state index is 0. The molecule has 12 heavy (non-hydrogen) atoms. The van der Waals surface area contributed by atoms with Crippen molar-refractivity contribution in [2.24, 2.45) is 0 Å². The van der Waals surface area contributed by atoms with E-state index >= 15 is 0 Å². The zero-order valence-corrected chi connectivity index (χ0v) is 9.10. The van der Waals surface area contributed by atoms with Crippen LogP contribution in [0.4, 0.5) is 0 Å². The van der Waals surface area contributed by atoms with Crippen LogP contribution in [0.15, 0.2) is 0 Å². The molecule has 0 atom stereocenters. The molecule has 0 rings (SSSR count). The fourth-order valence-electron chi connectivity index (χ4n) is 0.539. The number of aliphatic hydroxyl groups is 1. The average molecular weight is 166 g/mol. The molecule has 0 saturated carbocycles. The molecule has 0 aliphatic rings. The summed E-state index contributed by atoms with van der Waals surface area (Å²) in [7, 11) is 0. The van der Waals surface area contributed by atoms with Crippen LogP contribution in [0.1, 0.15) is 52.4 Å². The van der Waals surface area contributed by atoms with E-state index < -0.39 is 0 Å². The van der Waals surface area contributed by atoms with Gasteiger partial charge in [-0.3, -0.25) is 0 Å².